The molecular weight excluding hydrogens is 198 g/mol. The molecule has 0 heterocycles. The Kier molecular flexibility index (Phi) is 3.62. The van der Waals surface area contributed by atoms with Gasteiger partial charge in [-0.3, -0.25) is 0 Å². The van der Waals surface area contributed by atoms with Crippen LogP contribution in [0, 0.1) is 13.8 Å². The lowest BCUT2D eigenvalue weighted by Gasteiger charge is -2.13. The van der Waals surface area contributed by atoms with Crippen LogP contribution in [0.4, 0.5) is 0 Å². The van der Waals surface area contributed by atoms with Gasteiger partial charge in [-0.15, -0.1) is 0 Å². The third-order valence-corrected chi connectivity index (χ3v) is 3.34. The van der Waals surface area contributed by atoms with Gasteiger partial charge in [0.15, 0.2) is 0 Å². The van der Waals surface area contributed by atoms with E-state index in [0.717, 1.165) is 24.6 Å². The van der Waals surface area contributed by atoms with Crippen LogP contribution in [-0.2, 0) is 0 Å². The van der Waals surface area contributed by atoms with Crippen molar-refractivity contribution in [1.82, 2.24) is 5.32 Å². The third-order valence-electron chi connectivity index (χ3n) is 3.34. The van der Waals surface area contributed by atoms with Gasteiger partial charge in [-0.2, -0.15) is 0 Å². The van der Waals surface area contributed by atoms with Gasteiger partial charge >= 0.3 is 0 Å². The molecule has 1 aliphatic rings. The van der Waals surface area contributed by atoms with Crippen LogP contribution in [0.5, 0.6) is 0 Å². The summed E-state index contributed by atoms with van der Waals surface area (Å²) in [6.45, 7) is 5.10. The number of hydrogen-bond acceptors (Lipinski definition) is 2. The molecule has 0 saturated heterocycles. The summed E-state index contributed by atoms with van der Waals surface area (Å²) in [7, 11) is 0. The molecule has 0 bridgehead atoms. The average molecular weight is 219 g/mol. The molecule has 2 N–H and O–H groups in total. The molecule has 0 spiro atoms. The zero-order valence-corrected chi connectivity index (χ0v) is 10.2. The van der Waals surface area contributed by atoms with Crippen LogP contribution < -0.4 is 5.32 Å². The number of benzene rings is 1. The minimum atomic E-state index is -0.328. The Labute approximate surface area is 97.7 Å². The predicted molar refractivity (Wildman–Crippen MR) is 66.5 cm³/mol. The smallest absolute Gasteiger partial charge is 0.0802 e. The summed E-state index contributed by atoms with van der Waals surface area (Å²) in [4.78, 5) is 0. The number of aliphatic hydroxyl groups is 1. The van der Waals surface area contributed by atoms with Crippen molar-refractivity contribution in [3.8, 4) is 0 Å². The summed E-state index contributed by atoms with van der Waals surface area (Å²) in [6.07, 6.45) is 3.09. The van der Waals surface area contributed by atoms with Crippen LogP contribution in [0.15, 0.2) is 18.2 Å². The van der Waals surface area contributed by atoms with Crippen LogP contribution in [0.25, 0.3) is 0 Å². The van der Waals surface area contributed by atoms with Gasteiger partial charge in [0.25, 0.3) is 0 Å². The van der Waals surface area contributed by atoms with Crippen LogP contribution in [0.3, 0.4) is 0 Å². The Bertz CT molecular complexity index is 358. The van der Waals surface area contributed by atoms with Crippen molar-refractivity contribution in [2.45, 2.75) is 45.3 Å². The number of aryl methyl sites for hydroxylation is 2. The second kappa shape index (κ2) is 4.98. The van der Waals surface area contributed by atoms with E-state index < -0.39 is 0 Å². The zero-order valence-electron chi connectivity index (χ0n) is 10.2. The van der Waals surface area contributed by atoms with Gasteiger partial charge in [0.05, 0.1) is 6.10 Å². The lowest BCUT2D eigenvalue weighted by Crippen LogP contribution is -2.19. The molecule has 1 fully saturated rings. The molecule has 2 heteroatoms. The Morgan fingerprint density at radius 2 is 2.06 bits per heavy atom. The van der Waals surface area contributed by atoms with Crippen molar-refractivity contribution < 1.29 is 5.11 Å². The maximum absolute atomic E-state index is 10.0. The molecule has 2 nitrogen and oxygen atoms in total. The quantitative estimate of drug-likeness (QED) is 0.797. The van der Waals surface area contributed by atoms with Crippen molar-refractivity contribution in [1.29, 1.82) is 0 Å². The maximum Gasteiger partial charge on any atom is 0.0802 e. The van der Waals surface area contributed by atoms with Crippen molar-refractivity contribution in [2.75, 3.05) is 6.54 Å². The maximum atomic E-state index is 10.0. The summed E-state index contributed by atoms with van der Waals surface area (Å²) in [5.74, 6) is 0. The van der Waals surface area contributed by atoms with E-state index in [2.05, 4.69) is 31.3 Å². The van der Waals surface area contributed by atoms with Crippen LogP contribution >= 0.6 is 0 Å². The summed E-state index contributed by atoms with van der Waals surface area (Å²) in [6, 6.07) is 6.94. The van der Waals surface area contributed by atoms with E-state index in [-0.39, 0.29) is 6.10 Å². The van der Waals surface area contributed by atoms with Crippen molar-refractivity contribution in [3.63, 3.8) is 0 Å². The molecule has 1 aromatic carbocycles. The molecule has 1 aliphatic carbocycles. The van der Waals surface area contributed by atoms with E-state index in [1.54, 1.807) is 0 Å². The molecule has 16 heavy (non-hydrogen) atoms. The first-order valence-electron chi connectivity index (χ1n) is 6.15. The molecule has 1 unspecified atom stereocenters. The second-order valence-electron chi connectivity index (χ2n) is 4.88. The van der Waals surface area contributed by atoms with Crippen LogP contribution in [-0.4, -0.2) is 17.7 Å². The monoisotopic (exact) mass is 219 g/mol. The molecule has 1 atom stereocenters. The van der Waals surface area contributed by atoms with Crippen molar-refractivity contribution in [2.24, 2.45) is 0 Å². The Morgan fingerprint density at radius 1 is 1.31 bits per heavy atom. The van der Waals surface area contributed by atoms with Crippen LogP contribution in [0.2, 0.25) is 0 Å². The molecule has 0 aliphatic heterocycles. The van der Waals surface area contributed by atoms with Gasteiger partial charge in [-0.05, 0) is 56.3 Å². The van der Waals surface area contributed by atoms with Crippen molar-refractivity contribution in [3.05, 3.63) is 34.9 Å². The highest BCUT2D eigenvalue weighted by molar-refractivity contribution is 5.31. The highest BCUT2D eigenvalue weighted by Gasteiger charge is 2.20. The fraction of sp³-hybridized carbons (Fsp3) is 0.571. The van der Waals surface area contributed by atoms with Gasteiger partial charge in [0, 0.05) is 6.04 Å². The van der Waals surface area contributed by atoms with E-state index >= 15 is 0 Å². The summed E-state index contributed by atoms with van der Waals surface area (Å²) in [5, 5.41) is 13.5. The zero-order chi connectivity index (χ0) is 11.5. The number of hydrogen-bond donors (Lipinski definition) is 2. The molecule has 0 aromatic heterocycles. The molecule has 1 saturated carbocycles. The van der Waals surface area contributed by atoms with E-state index in [4.69, 9.17) is 0 Å². The van der Waals surface area contributed by atoms with Gasteiger partial charge < -0.3 is 10.4 Å². The number of rotatable bonds is 5. The molecule has 2 rings (SSSR count). The summed E-state index contributed by atoms with van der Waals surface area (Å²) >= 11 is 0. The van der Waals surface area contributed by atoms with Gasteiger partial charge in [0.2, 0.25) is 0 Å². The lowest BCUT2D eigenvalue weighted by atomic mass is 10.0. The number of aliphatic hydroxyl groups excluding tert-OH is 1. The first kappa shape index (κ1) is 11.6. The Hall–Kier alpha value is -0.860. The van der Waals surface area contributed by atoms with Gasteiger partial charge in [-0.1, -0.05) is 18.2 Å². The van der Waals surface area contributed by atoms with E-state index in [9.17, 15) is 5.11 Å². The minimum absolute atomic E-state index is 0.328. The minimum Gasteiger partial charge on any atom is -0.388 e. The third kappa shape index (κ3) is 3.06. The highest BCUT2D eigenvalue weighted by Crippen LogP contribution is 2.21. The molecule has 88 valence electrons. The van der Waals surface area contributed by atoms with Gasteiger partial charge in [-0.25, -0.2) is 0 Å². The fourth-order valence-corrected chi connectivity index (χ4v) is 1.85. The molecule has 0 radical (unpaired) electrons. The summed E-state index contributed by atoms with van der Waals surface area (Å²) < 4.78 is 0. The second-order valence-corrected chi connectivity index (χ2v) is 4.88. The van der Waals surface area contributed by atoms with E-state index in [0.29, 0.717) is 0 Å². The predicted octanol–water partition coefficient (Wildman–Crippen LogP) is 2.48. The standard InChI is InChI=1S/C14H21NO/c1-10-3-4-12(9-11(10)2)14(16)7-8-15-13-5-6-13/h3-4,9,13-16H,5-8H2,1-2H3. The van der Waals surface area contributed by atoms with E-state index in [1.807, 2.05) is 6.07 Å². The Morgan fingerprint density at radius 3 is 2.69 bits per heavy atom. The lowest BCUT2D eigenvalue weighted by molar-refractivity contribution is 0.166. The summed E-state index contributed by atoms with van der Waals surface area (Å²) in [5.41, 5.74) is 3.58. The average Bonchev–Trinajstić information content (AvgIpc) is 3.06. The first-order chi connectivity index (χ1) is 7.66. The first-order valence-corrected chi connectivity index (χ1v) is 6.15. The fourth-order valence-electron chi connectivity index (χ4n) is 1.85. The Balaban J connectivity index is 1.86. The van der Waals surface area contributed by atoms with Crippen LogP contribution in [0.1, 0.15) is 42.1 Å². The molecular formula is C14H21NO. The molecule has 0 amide bonds. The highest BCUT2D eigenvalue weighted by atomic mass is 16.3. The molecule has 1 aromatic rings. The van der Waals surface area contributed by atoms with Gasteiger partial charge in [0.1, 0.15) is 0 Å². The number of nitrogens with one attached hydrogen (secondary N) is 1. The normalized spacial score (nSPS) is 17.4. The van der Waals surface area contributed by atoms with Crippen molar-refractivity contribution >= 4 is 0 Å². The SMILES string of the molecule is Cc1ccc(C(O)CCNC2CC2)cc1C. The van der Waals surface area contributed by atoms with E-state index in [1.165, 1.54) is 24.0 Å². The topological polar surface area (TPSA) is 32.3 Å². The largest absolute Gasteiger partial charge is 0.388 e.